The van der Waals surface area contributed by atoms with E-state index in [1.165, 1.54) is 0 Å². The molecule has 3 rings (SSSR count). The SMILES string of the molecule is CC1(c2nc(CSc3cccc(Cl)c3)no2)CCCN1. The van der Waals surface area contributed by atoms with E-state index in [2.05, 4.69) is 22.4 Å². The predicted molar refractivity (Wildman–Crippen MR) is 79.9 cm³/mol. The zero-order valence-corrected chi connectivity index (χ0v) is 12.8. The molecule has 1 unspecified atom stereocenters. The molecule has 1 aromatic heterocycles. The fourth-order valence-electron chi connectivity index (χ4n) is 2.32. The van der Waals surface area contributed by atoms with Gasteiger partial charge in [0.05, 0.1) is 11.3 Å². The Morgan fingerprint density at radius 1 is 1.50 bits per heavy atom. The first-order chi connectivity index (χ1) is 9.66. The number of nitrogens with one attached hydrogen (secondary N) is 1. The number of hydrogen-bond acceptors (Lipinski definition) is 5. The van der Waals surface area contributed by atoms with Crippen LogP contribution in [0.3, 0.4) is 0 Å². The van der Waals surface area contributed by atoms with Crippen molar-refractivity contribution in [2.45, 2.75) is 36.0 Å². The lowest BCUT2D eigenvalue weighted by molar-refractivity contribution is 0.274. The van der Waals surface area contributed by atoms with E-state index in [4.69, 9.17) is 16.1 Å². The summed E-state index contributed by atoms with van der Waals surface area (Å²) in [5.41, 5.74) is -0.161. The molecular formula is C14H16ClN3OS. The van der Waals surface area contributed by atoms with Crippen molar-refractivity contribution in [2.24, 2.45) is 0 Å². The molecule has 0 bridgehead atoms. The average molecular weight is 310 g/mol. The van der Waals surface area contributed by atoms with Crippen molar-refractivity contribution in [3.63, 3.8) is 0 Å². The first kappa shape index (κ1) is 13.9. The fraction of sp³-hybridized carbons (Fsp3) is 0.429. The number of halogens is 1. The molecule has 6 heteroatoms. The first-order valence-corrected chi connectivity index (χ1v) is 7.98. The van der Waals surface area contributed by atoms with E-state index in [0.29, 0.717) is 11.6 Å². The lowest BCUT2D eigenvalue weighted by Gasteiger charge is -2.18. The minimum Gasteiger partial charge on any atom is -0.337 e. The third-order valence-corrected chi connectivity index (χ3v) is 4.70. The van der Waals surface area contributed by atoms with Gasteiger partial charge >= 0.3 is 0 Å². The van der Waals surface area contributed by atoms with Gasteiger partial charge in [0.15, 0.2) is 5.82 Å². The molecule has 2 aromatic rings. The molecule has 0 aliphatic carbocycles. The average Bonchev–Trinajstić information content (AvgIpc) is 3.06. The Kier molecular flexibility index (Phi) is 4.01. The summed E-state index contributed by atoms with van der Waals surface area (Å²) in [6.45, 7) is 3.12. The first-order valence-electron chi connectivity index (χ1n) is 6.62. The minimum absolute atomic E-state index is 0.161. The molecule has 106 valence electrons. The Hall–Kier alpha value is -1.04. The summed E-state index contributed by atoms with van der Waals surface area (Å²) in [6, 6.07) is 7.77. The highest BCUT2D eigenvalue weighted by molar-refractivity contribution is 7.98. The third-order valence-electron chi connectivity index (χ3n) is 3.47. The van der Waals surface area contributed by atoms with E-state index in [-0.39, 0.29) is 5.54 Å². The van der Waals surface area contributed by atoms with Crippen LogP contribution in [0.5, 0.6) is 0 Å². The Bertz CT molecular complexity index is 596. The molecule has 20 heavy (non-hydrogen) atoms. The van der Waals surface area contributed by atoms with Crippen LogP contribution in [0.4, 0.5) is 0 Å². The number of aromatic nitrogens is 2. The number of benzene rings is 1. The lowest BCUT2D eigenvalue weighted by Crippen LogP contribution is -2.33. The van der Waals surface area contributed by atoms with Crippen molar-refractivity contribution in [1.29, 1.82) is 0 Å². The zero-order chi connectivity index (χ0) is 14.0. The van der Waals surface area contributed by atoms with Gasteiger partial charge in [-0.15, -0.1) is 11.8 Å². The predicted octanol–water partition coefficient (Wildman–Crippen LogP) is 3.61. The van der Waals surface area contributed by atoms with Gasteiger partial charge in [-0.05, 0) is 44.5 Å². The molecule has 0 amide bonds. The van der Waals surface area contributed by atoms with Gasteiger partial charge in [0.2, 0.25) is 5.89 Å². The monoisotopic (exact) mass is 309 g/mol. The van der Waals surface area contributed by atoms with Crippen molar-refractivity contribution in [3.8, 4) is 0 Å². The molecule has 0 radical (unpaired) electrons. The van der Waals surface area contributed by atoms with Crippen LogP contribution in [0.15, 0.2) is 33.7 Å². The summed E-state index contributed by atoms with van der Waals surface area (Å²) in [4.78, 5) is 5.61. The maximum atomic E-state index is 5.96. The lowest BCUT2D eigenvalue weighted by atomic mass is 10.0. The third kappa shape index (κ3) is 3.00. The van der Waals surface area contributed by atoms with E-state index < -0.39 is 0 Å². The number of hydrogen-bond donors (Lipinski definition) is 1. The van der Waals surface area contributed by atoms with Crippen LogP contribution in [-0.4, -0.2) is 16.7 Å². The van der Waals surface area contributed by atoms with Gasteiger partial charge in [0.1, 0.15) is 0 Å². The van der Waals surface area contributed by atoms with Crippen LogP contribution in [0.2, 0.25) is 5.02 Å². The van der Waals surface area contributed by atoms with Crippen molar-refractivity contribution in [1.82, 2.24) is 15.5 Å². The maximum Gasteiger partial charge on any atom is 0.246 e. The van der Waals surface area contributed by atoms with Crippen molar-refractivity contribution < 1.29 is 4.52 Å². The molecule has 0 spiro atoms. The smallest absolute Gasteiger partial charge is 0.246 e. The van der Waals surface area contributed by atoms with E-state index >= 15 is 0 Å². The second-order valence-corrected chi connectivity index (χ2v) is 6.61. The van der Waals surface area contributed by atoms with Gasteiger partial charge in [-0.25, -0.2) is 0 Å². The highest BCUT2D eigenvalue weighted by Gasteiger charge is 2.35. The van der Waals surface area contributed by atoms with Crippen molar-refractivity contribution in [2.75, 3.05) is 6.54 Å². The molecule has 1 aromatic carbocycles. The maximum absolute atomic E-state index is 5.96. The quantitative estimate of drug-likeness (QED) is 0.874. The Balaban J connectivity index is 1.65. The summed E-state index contributed by atoms with van der Waals surface area (Å²) >= 11 is 7.62. The summed E-state index contributed by atoms with van der Waals surface area (Å²) in [7, 11) is 0. The van der Waals surface area contributed by atoms with Crippen LogP contribution in [0, 0.1) is 0 Å². The zero-order valence-electron chi connectivity index (χ0n) is 11.2. The molecule has 1 atom stereocenters. The van der Waals surface area contributed by atoms with Crippen molar-refractivity contribution in [3.05, 3.63) is 41.0 Å². The normalized spacial score (nSPS) is 22.3. The highest BCUT2D eigenvalue weighted by Crippen LogP contribution is 2.30. The topological polar surface area (TPSA) is 51.0 Å². The number of rotatable bonds is 4. The summed E-state index contributed by atoms with van der Waals surface area (Å²) in [6.07, 6.45) is 2.18. The van der Waals surface area contributed by atoms with Crippen LogP contribution >= 0.6 is 23.4 Å². The molecule has 1 saturated heterocycles. The molecule has 4 nitrogen and oxygen atoms in total. The van der Waals surface area contributed by atoms with Gasteiger partial charge in [0, 0.05) is 9.92 Å². The fourth-order valence-corrected chi connectivity index (χ4v) is 3.37. The largest absolute Gasteiger partial charge is 0.337 e. The van der Waals surface area contributed by atoms with E-state index in [1.807, 2.05) is 24.3 Å². The highest BCUT2D eigenvalue weighted by atomic mass is 35.5. The van der Waals surface area contributed by atoms with Crippen LogP contribution in [0.1, 0.15) is 31.5 Å². The van der Waals surface area contributed by atoms with Gasteiger partial charge in [0.25, 0.3) is 0 Å². The Labute approximate surface area is 127 Å². The van der Waals surface area contributed by atoms with Gasteiger partial charge in [-0.3, -0.25) is 0 Å². The van der Waals surface area contributed by atoms with Crippen LogP contribution in [-0.2, 0) is 11.3 Å². The van der Waals surface area contributed by atoms with Crippen molar-refractivity contribution >= 4 is 23.4 Å². The number of nitrogens with zero attached hydrogens (tertiary/aromatic N) is 2. The molecule has 0 saturated carbocycles. The summed E-state index contributed by atoms with van der Waals surface area (Å²) in [5.74, 6) is 2.09. The summed E-state index contributed by atoms with van der Waals surface area (Å²) < 4.78 is 5.40. The standard InChI is InChI=1S/C14H16ClN3OS/c1-14(6-3-7-16-14)13-17-12(18-19-13)9-20-11-5-2-4-10(15)8-11/h2,4-5,8,16H,3,6-7,9H2,1H3. The Morgan fingerprint density at radius 3 is 3.15 bits per heavy atom. The van der Waals surface area contributed by atoms with E-state index in [1.54, 1.807) is 11.8 Å². The molecule has 1 aliphatic heterocycles. The molecule has 2 heterocycles. The van der Waals surface area contributed by atoms with Crippen LogP contribution in [0.25, 0.3) is 0 Å². The molecule has 1 fully saturated rings. The molecule has 1 aliphatic rings. The molecular weight excluding hydrogens is 294 g/mol. The second-order valence-electron chi connectivity index (χ2n) is 5.12. The second kappa shape index (κ2) is 5.76. The van der Waals surface area contributed by atoms with Gasteiger partial charge in [-0.1, -0.05) is 22.8 Å². The van der Waals surface area contributed by atoms with E-state index in [9.17, 15) is 0 Å². The van der Waals surface area contributed by atoms with Gasteiger partial charge < -0.3 is 9.84 Å². The molecule has 1 N–H and O–H groups in total. The Morgan fingerprint density at radius 2 is 2.40 bits per heavy atom. The van der Waals surface area contributed by atoms with Gasteiger partial charge in [-0.2, -0.15) is 4.98 Å². The van der Waals surface area contributed by atoms with E-state index in [0.717, 1.165) is 35.1 Å². The minimum atomic E-state index is -0.161. The number of thioether (sulfide) groups is 1. The summed E-state index contributed by atoms with van der Waals surface area (Å²) in [5, 5.41) is 8.23. The van der Waals surface area contributed by atoms with Crippen LogP contribution < -0.4 is 5.32 Å².